The summed E-state index contributed by atoms with van der Waals surface area (Å²) in [6, 6.07) is 13.0. The topological polar surface area (TPSA) is 108 Å². The number of carbonyl (C=O) groups excluding carboxylic acids is 2. The molecule has 0 aliphatic carbocycles. The molecule has 4 N–H and O–H groups in total. The van der Waals surface area contributed by atoms with Crippen molar-refractivity contribution < 1.29 is 9.59 Å². The first-order valence-electron chi connectivity index (χ1n) is 12.1. The molecule has 36 heavy (non-hydrogen) atoms. The Morgan fingerprint density at radius 2 is 1.97 bits per heavy atom. The summed E-state index contributed by atoms with van der Waals surface area (Å²) in [7, 11) is 0. The lowest BCUT2D eigenvalue weighted by Crippen LogP contribution is -2.25. The van der Waals surface area contributed by atoms with Crippen molar-refractivity contribution in [3.05, 3.63) is 64.8 Å². The summed E-state index contributed by atoms with van der Waals surface area (Å²) in [5.74, 6) is 0.598. The van der Waals surface area contributed by atoms with E-state index in [9.17, 15) is 9.59 Å². The largest absolute Gasteiger partial charge is 0.352 e. The lowest BCUT2D eigenvalue weighted by atomic mass is 9.80. The molecule has 0 saturated carbocycles. The number of fused-ring (bicyclic) bond motifs is 1. The van der Waals surface area contributed by atoms with Crippen molar-refractivity contribution in [2.24, 2.45) is 0 Å². The number of carbonyl (C=O) groups is 2. The maximum Gasteiger partial charge on any atom is 0.253 e. The third-order valence-electron chi connectivity index (χ3n) is 6.24. The van der Waals surface area contributed by atoms with Gasteiger partial charge in [0.15, 0.2) is 5.82 Å². The van der Waals surface area contributed by atoms with Gasteiger partial charge >= 0.3 is 0 Å². The zero-order chi connectivity index (χ0) is 25.7. The Morgan fingerprint density at radius 3 is 2.78 bits per heavy atom. The fourth-order valence-electron chi connectivity index (χ4n) is 4.10. The summed E-state index contributed by atoms with van der Waals surface area (Å²) in [6.45, 7) is 6.96. The maximum atomic E-state index is 12.7. The molecule has 4 rings (SSSR count). The lowest BCUT2D eigenvalue weighted by molar-refractivity contribution is -0.116. The molecule has 0 spiro atoms. The van der Waals surface area contributed by atoms with Gasteiger partial charge in [0.05, 0.1) is 17.4 Å². The molecule has 0 radical (unpaired) electrons. The Balaban J connectivity index is 1.56. The minimum Gasteiger partial charge on any atom is -0.352 e. The van der Waals surface area contributed by atoms with Crippen LogP contribution in [0.3, 0.4) is 0 Å². The van der Waals surface area contributed by atoms with Crippen LogP contribution in [0.4, 0.5) is 28.8 Å². The van der Waals surface area contributed by atoms with Crippen LogP contribution in [0, 0.1) is 0 Å². The van der Waals surface area contributed by atoms with E-state index in [4.69, 9.17) is 11.6 Å². The standard InChI is InChI=1S/C27H31ClN6O2/c1-4-5-14-29-25(36)18-8-6-7-9-21(18)33-24-20(28)16-30-26(34-24)31-17-10-11-22-19(15-17)27(2,3)13-12-23(35)32-22/h6-11,15-16H,4-5,12-14H2,1-3H3,(H,29,36)(H,32,35)(H2,30,31,33,34). The van der Waals surface area contributed by atoms with E-state index in [2.05, 4.69) is 52.0 Å². The molecule has 3 aromatic rings. The quantitative estimate of drug-likeness (QED) is 0.273. The average molecular weight is 507 g/mol. The summed E-state index contributed by atoms with van der Waals surface area (Å²) in [4.78, 5) is 33.6. The average Bonchev–Trinajstić information content (AvgIpc) is 2.97. The van der Waals surface area contributed by atoms with Crippen LogP contribution in [0.15, 0.2) is 48.7 Å². The highest BCUT2D eigenvalue weighted by Crippen LogP contribution is 2.38. The molecule has 2 heterocycles. The van der Waals surface area contributed by atoms with Gasteiger partial charge in [-0.05, 0) is 54.2 Å². The van der Waals surface area contributed by atoms with Crippen LogP contribution in [0.2, 0.25) is 5.02 Å². The summed E-state index contributed by atoms with van der Waals surface area (Å²) in [6.07, 6.45) is 4.67. The monoisotopic (exact) mass is 506 g/mol. The first-order valence-corrected chi connectivity index (χ1v) is 12.5. The predicted octanol–water partition coefficient (Wildman–Crippen LogP) is 6.16. The molecule has 2 amide bonds. The van der Waals surface area contributed by atoms with Crippen LogP contribution in [-0.4, -0.2) is 28.3 Å². The minimum atomic E-state index is -0.166. The number of halogens is 1. The van der Waals surface area contributed by atoms with Crippen molar-refractivity contribution in [2.75, 3.05) is 22.5 Å². The van der Waals surface area contributed by atoms with E-state index in [0.29, 0.717) is 41.0 Å². The van der Waals surface area contributed by atoms with Crippen LogP contribution >= 0.6 is 11.6 Å². The van der Waals surface area contributed by atoms with Gasteiger partial charge in [0.2, 0.25) is 11.9 Å². The molecule has 0 unspecified atom stereocenters. The molecule has 0 bridgehead atoms. The third-order valence-corrected chi connectivity index (χ3v) is 6.52. The Morgan fingerprint density at radius 1 is 1.17 bits per heavy atom. The van der Waals surface area contributed by atoms with Gasteiger partial charge in [-0.15, -0.1) is 0 Å². The van der Waals surface area contributed by atoms with Gasteiger partial charge in [-0.2, -0.15) is 4.98 Å². The van der Waals surface area contributed by atoms with Gasteiger partial charge in [0.1, 0.15) is 5.02 Å². The summed E-state index contributed by atoms with van der Waals surface area (Å²) < 4.78 is 0. The highest BCUT2D eigenvalue weighted by molar-refractivity contribution is 6.33. The summed E-state index contributed by atoms with van der Waals surface area (Å²) in [5, 5.41) is 12.7. The Kier molecular flexibility index (Phi) is 7.74. The third kappa shape index (κ3) is 5.94. The molecule has 0 saturated heterocycles. The Labute approximate surface area is 216 Å². The molecule has 8 nitrogen and oxygen atoms in total. The van der Waals surface area contributed by atoms with Gasteiger partial charge in [0, 0.05) is 24.3 Å². The van der Waals surface area contributed by atoms with Gasteiger partial charge in [-0.3, -0.25) is 9.59 Å². The number of anilines is 5. The second-order valence-electron chi connectivity index (χ2n) is 9.49. The molecule has 9 heteroatoms. The number of para-hydroxylation sites is 1. The SMILES string of the molecule is CCCCNC(=O)c1ccccc1Nc1nc(Nc2ccc3c(c2)C(C)(C)CCC(=O)N3)ncc1Cl. The second-order valence-corrected chi connectivity index (χ2v) is 9.89. The van der Waals surface area contributed by atoms with E-state index in [-0.39, 0.29) is 17.2 Å². The summed E-state index contributed by atoms with van der Waals surface area (Å²) >= 11 is 6.39. The number of unbranched alkanes of at least 4 members (excludes halogenated alkanes) is 1. The van der Waals surface area contributed by atoms with E-state index in [1.165, 1.54) is 6.20 Å². The molecule has 1 aromatic heterocycles. The Bertz CT molecular complexity index is 1280. The van der Waals surface area contributed by atoms with Crippen molar-refractivity contribution in [3.8, 4) is 0 Å². The molecular weight excluding hydrogens is 476 g/mol. The summed E-state index contributed by atoms with van der Waals surface area (Å²) in [5.41, 5.74) is 3.60. The van der Waals surface area contributed by atoms with E-state index in [0.717, 1.165) is 36.2 Å². The molecular formula is C27H31ClN6O2. The fraction of sp³-hybridized carbons (Fsp3) is 0.333. The number of nitrogens with one attached hydrogen (secondary N) is 4. The van der Waals surface area contributed by atoms with E-state index in [1.807, 2.05) is 36.4 Å². The van der Waals surface area contributed by atoms with Crippen LogP contribution in [0.1, 0.15) is 62.4 Å². The van der Waals surface area contributed by atoms with Crippen LogP contribution in [0.5, 0.6) is 0 Å². The smallest absolute Gasteiger partial charge is 0.253 e. The first kappa shape index (κ1) is 25.4. The molecule has 0 fully saturated rings. The van der Waals surface area contributed by atoms with Gasteiger partial charge < -0.3 is 21.3 Å². The van der Waals surface area contributed by atoms with Gasteiger partial charge in [-0.25, -0.2) is 4.98 Å². The van der Waals surface area contributed by atoms with Crippen molar-refractivity contribution in [2.45, 2.75) is 51.9 Å². The zero-order valence-electron chi connectivity index (χ0n) is 20.7. The predicted molar refractivity (Wildman–Crippen MR) is 145 cm³/mol. The fourth-order valence-corrected chi connectivity index (χ4v) is 4.24. The van der Waals surface area contributed by atoms with E-state index < -0.39 is 0 Å². The van der Waals surface area contributed by atoms with Crippen molar-refractivity contribution in [3.63, 3.8) is 0 Å². The number of hydrogen-bond acceptors (Lipinski definition) is 6. The van der Waals surface area contributed by atoms with Crippen molar-refractivity contribution >= 4 is 52.2 Å². The van der Waals surface area contributed by atoms with Crippen molar-refractivity contribution in [1.29, 1.82) is 0 Å². The van der Waals surface area contributed by atoms with Gasteiger partial charge in [0.25, 0.3) is 5.91 Å². The molecule has 1 aliphatic heterocycles. The number of benzene rings is 2. The van der Waals surface area contributed by atoms with Gasteiger partial charge in [-0.1, -0.05) is 50.9 Å². The first-order chi connectivity index (χ1) is 17.3. The lowest BCUT2D eigenvalue weighted by Gasteiger charge is -2.25. The van der Waals surface area contributed by atoms with Crippen LogP contribution in [0.25, 0.3) is 0 Å². The van der Waals surface area contributed by atoms with Crippen molar-refractivity contribution in [1.82, 2.24) is 15.3 Å². The molecule has 0 atom stereocenters. The number of nitrogens with zero attached hydrogens (tertiary/aromatic N) is 2. The second kappa shape index (κ2) is 11.0. The number of rotatable bonds is 8. The number of hydrogen-bond donors (Lipinski definition) is 4. The Hall–Kier alpha value is -3.65. The molecule has 188 valence electrons. The molecule has 1 aliphatic rings. The normalized spacial score (nSPS) is 14.3. The zero-order valence-corrected chi connectivity index (χ0v) is 21.5. The maximum absolute atomic E-state index is 12.7. The van der Waals surface area contributed by atoms with Crippen LogP contribution < -0.4 is 21.3 Å². The minimum absolute atomic E-state index is 0.0265. The molecule has 2 aromatic carbocycles. The highest BCUT2D eigenvalue weighted by atomic mass is 35.5. The number of aromatic nitrogens is 2. The van der Waals surface area contributed by atoms with E-state index >= 15 is 0 Å². The van der Waals surface area contributed by atoms with E-state index in [1.54, 1.807) is 6.07 Å². The number of amides is 2. The van der Waals surface area contributed by atoms with Crippen LogP contribution in [-0.2, 0) is 10.2 Å². The highest BCUT2D eigenvalue weighted by Gasteiger charge is 2.28.